The maximum atomic E-state index is 15.1. The Balaban J connectivity index is 1.33. The number of carbonyl (C=O) groups excluding carboxylic acids is 2. The van der Waals surface area contributed by atoms with Gasteiger partial charge in [-0.1, -0.05) is 0 Å². The molecule has 160 valence electrons. The second-order valence-corrected chi connectivity index (χ2v) is 8.51. The maximum Gasteiger partial charge on any atom is 0.329 e. The van der Waals surface area contributed by atoms with E-state index in [9.17, 15) is 9.59 Å². The van der Waals surface area contributed by atoms with E-state index in [2.05, 4.69) is 25.7 Å². The third-order valence-corrected chi connectivity index (χ3v) is 6.76. The molecule has 3 N–H and O–H groups in total. The molecule has 0 unspecified atom stereocenters. The van der Waals surface area contributed by atoms with Gasteiger partial charge in [-0.15, -0.1) is 0 Å². The maximum absolute atomic E-state index is 15.1. The summed E-state index contributed by atoms with van der Waals surface area (Å²) >= 11 is 0. The second kappa shape index (κ2) is 7.96. The van der Waals surface area contributed by atoms with Gasteiger partial charge in [0, 0.05) is 24.4 Å². The minimum absolute atomic E-state index is 0.190. The predicted octanol–water partition coefficient (Wildman–Crippen LogP) is 2.08. The van der Waals surface area contributed by atoms with Gasteiger partial charge in [-0.3, -0.25) is 20.1 Å². The van der Waals surface area contributed by atoms with Crippen molar-refractivity contribution in [3.8, 4) is 0 Å². The van der Waals surface area contributed by atoms with E-state index in [1.54, 1.807) is 0 Å². The molecule has 3 saturated heterocycles. The molecule has 0 aliphatic carbocycles. The molecule has 4 heterocycles. The Morgan fingerprint density at radius 1 is 1.03 bits per heavy atom. The van der Waals surface area contributed by atoms with Crippen LogP contribution in [-0.4, -0.2) is 65.8 Å². The molecular formula is C21H27FN6O2. The summed E-state index contributed by atoms with van der Waals surface area (Å²) in [5.41, 5.74) is 1.44. The van der Waals surface area contributed by atoms with Crippen molar-refractivity contribution in [1.29, 1.82) is 0 Å². The molecule has 8 nitrogen and oxygen atoms in total. The fraction of sp³-hybridized carbons (Fsp3) is 0.571. The zero-order chi connectivity index (χ0) is 20.7. The Morgan fingerprint density at radius 2 is 1.80 bits per heavy atom. The predicted molar refractivity (Wildman–Crippen MR) is 111 cm³/mol. The summed E-state index contributed by atoms with van der Waals surface area (Å²) in [5, 5.41) is 13.4. The molecule has 0 saturated carbocycles. The van der Waals surface area contributed by atoms with Crippen molar-refractivity contribution >= 4 is 28.7 Å². The van der Waals surface area contributed by atoms with Crippen LogP contribution in [0.2, 0.25) is 0 Å². The SMILES string of the molecule is O=C1CCN(c2n[nH]c3cc(C4CCN(C5CCNCC5)CC4)c(F)cc23)C(=O)N1. The minimum Gasteiger partial charge on any atom is -0.317 e. The number of hydrogen-bond donors (Lipinski definition) is 3. The van der Waals surface area contributed by atoms with Gasteiger partial charge in [0.2, 0.25) is 5.91 Å². The highest BCUT2D eigenvalue weighted by Crippen LogP contribution is 2.35. The number of nitrogens with one attached hydrogen (secondary N) is 3. The number of aromatic nitrogens is 2. The zero-order valence-electron chi connectivity index (χ0n) is 16.9. The van der Waals surface area contributed by atoms with Crippen LogP contribution in [0.5, 0.6) is 0 Å². The van der Waals surface area contributed by atoms with Crippen molar-refractivity contribution in [3.63, 3.8) is 0 Å². The number of H-pyrrole nitrogens is 1. The van der Waals surface area contributed by atoms with E-state index >= 15 is 4.39 Å². The standard InChI is InChI=1S/C21H27FN6O2/c22-17-11-16-18(25-26-20(16)28-10-5-19(29)24-21(28)30)12-15(17)13-3-8-27(9-4-13)14-1-6-23-7-2-14/h11-14,23H,1-10H2,(H,25,26)(H,24,29,30). The molecule has 3 amide bonds. The summed E-state index contributed by atoms with van der Waals surface area (Å²) < 4.78 is 15.1. The second-order valence-electron chi connectivity index (χ2n) is 8.51. The van der Waals surface area contributed by atoms with Crippen LogP contribution in [0.3, 0.4) is 0 Å². The molecular weight excluding hydrogens is 387 g/mol. The van der Waals surface area contributed by atoms with Gasteiger partial charge in [-0.25, -0.2) is 9.18 Å². The number of rotatable bonds is 3. The summed E-state index contributed by atoms with van der Waals surface area (Å²) in [5.74, 6) is -0.00412. The Morgan fingerprint density at radius 3 is 2.53 bits per heavy atom. The first-order chi connectivity index (χ1) is 14.6. The normalized spacial score (nSPS) is 22.6. The van der Waals surface area contributed by atoms with E-state index in [1.165, 1.54) is 23.8 Å². The minimum atomic E-state index is -0.519. The first-order valence-electron chi connectivity index (χ1n) is 10.8. The number of halogens is 1. The van der Waals surface area contributed by atoms with Gasteiger partial charge in [0.1, 0.15) is 5.82 Å². The molecule has 1 aromatic carbocycles. The Bertz CT molecular complexity index is 962. The lowest BCUT2D eigenvalue weighted by molar-refractivity contribution is -0.120. The van der Waals surface area contributed by atoms with Gasteiger partial charge in [-0.2, -0.15) is 5.10 Å². The average Bonchev–Trinajstić information content (AvgIpc) is 3.16. The number of amides is 3. The zero-order valence-corrected chi connectivity index (χ0v) is 16.9. The first kappa shape index (κ1) is 19.4. The van der Waals surface area contributed by atoms with Gasteiger partial charge >= 0.3 is 6.03 Å². The van der Waals surface area contributed by atoms with Gasteiger partial charge in [0.15, 0.2) is 5.82 Å². The van der Waals surface area contributed by atoms with Crippen LogP contribution in [0.1, 0.15) is 43.6 Å². The number of anilines is 1. The summed E-state index contributed by atoms with van der Waals surface area (Å²) in [6.45, 7) is 4.41. The number of likely N-dealkylation sites (tertiary alicyclic amines) is 1. The number of imide groups is 1. The van der Waals surface area contributed by atoms with Gasteiger partial charge in [0.25, 0.3) is 0 Å². The molecule has 2 aromatic rings. The summed E-state index contributed by atoms with van der Waals surface area (Å²) in [6.07, 6.45) is 4.49. The van der Waals surface area contributed by atoms with Crippen molar-refractivity contribution in [1.82, 2.24) is 25.7 Å². The van der Waals surface area contributed by atoms with Gasteiger partial charge in [0.05, 0.1) is 5.52 Å². The van der Waals surface area contributed by atoms with Crippen molar-refractivity contribution in [2.75, 3.05) is 37.6 Å². The van der Waals surface area contributed by atoms with E-state index in [0.717, 1.165) is 44.6 Å². The smallest absolute Gasteiger partial charge is 0.317 e. The van der Waals surface area contributed by atoms with Crippen LogP contribution in [0.4, 0.5) is 15.0 Å². The third-order valence-electron chi connectivity index (χ3n) is 6.76. The summed E-state index contributed by atoms with van der Waals surface area (Å²) in [7, 11) is 0. The topological polar surface area (TPSA) is 93.4 Å². The lowest BCUT2D eigenvalue weighted by atomic mass is 9.87. The van der Waals surface area contributed by atoms with Crippen molar-refractivity contribution < 1.29 is 14.0 Å². The van der Waals surface area contributed by atoms with Crippen LogP contribution >= 0.6 is 0 Å². The highest BCUT2D eigenvalue weighted by atomic mass is 19.1. The quantitative estimate of drug-likeness (QED) is 0.715. The molecule has 0 atom stereocenters. The number of piperidine rings is 2. The molecule has 5 rings (SSSR count). The van der Waals surface area contributed by atoms with Crippen LogP contribution < -0.4 is 15.5 Å². The number of aromatic amines is 1. The Hall–Kier alpha value is -2.52. The lowest BCUT2D eigenvalue weighted by Crippen LogP contribution is -2.49. The molecule has 3 aliphatic heterocycles. The van der Waals surface area contributed by atoms with Crippen molar-refractivity contribution in [2.24, 2.45) is 0 Å². The number of hydrogen-bond acceptors (Lipinski definition) is 5. The average molecular weight is 414 g/mol. The van der Waals surface area contributed by atoms with Crippen molar-refractivity contribution in [2.45, 2.75) is 44.1 Å². The fourth-order valence-corrected chi connectivity index (χ4v) is 5.07. The van der Waals surface area contributed by atoms with Crippen LogP contribution in [0.25, 0.3) is 10.9 Å². The molecule has 1 aromatic heterocycles. The van der Waals surface area contributed by atoms with E-state index in [0.29, 0.717) is 22.8 Å². The largest absolute Gasteiger partial charge is 0.329 e. The monoisotopic (exact) mass is 414 g/mol. The molecule has 30 heavy (non-hydrogen) atoms. The number of fused-ring (bicyclic) bond motifs is 1. The Labute approximate surface area is 174 Å². The molecule has 9 heteroatoms. The molecule has 3 fully saturated rings. The Kier molecular flexibility index (Phi) is 5.16. The lowest BCUT2D eigenvalue weighted by Gasteiger charge is -2.39. The van der Waals surface area contributed by atoms with E-state index in [4.69, 9.17) is 0 Å². The number of urea groups is 1. The third kappa shape index (κ3) is 3.56. The fourth-order valence-electron chi connectivity index (χ4n) is 5.07. The summed E-state index contributed by atoms with van der Waals surface area (Å²) in [6, 6.07) is 3.46. The first-order valence-corrected chi connectivity index (χ1v) is 10.8. The van der Waals surface area contributed by atoms with Crippen LogP contribution in [-0.2, 0) is 4.79 Å². The van der Waals surface area contributed by atoms with E-state index in [1.807, 2.05) is 6.07 Å². The number of benzene rings is 1. The highest BCUT2D eigenvalue weighted by molar-refractivity contribution is 6.08. The molecule has 3 aliphatic rings. The van der Waals surface area contributed by atoms with E-state index < -0.39 is 6.03 Å². The number of carbonyl (C=O) groups is 2. The van der Waals surface area contributed by atoms with Crippen molar-refractivity contribution in [3.05, 3.63) is 23.5 Å². The van der Waals surface area contributed by atoms with E-state index in [-0.39, 0.29) is 30.6 Å². The van der Waals surface area contributed by atoms with Crippen LogP contribution in [0, 0.1) is 5.82 Å². The molecule has 0 bridgehead atoms. The summed E-state index contributed by atoms with van der Waals surface area (Å²) in [4.78, 5) is 27.5. The molecule has 0 spiro atoms. The molecule has 0 radical (unpaired) electrons. The number of nitrogens with zero attached hydrogens (tertiary/aromatic N) is 3. The highest BCUT2D eigenvalue weighted by Gasteiger charge is 2.30. The van der Waals surface area contributed by atoms with Gasteiger partial charge < -0.3 is 10.2 Å². The van der Waals surface area contributed by atoms with Crippen LogP contribution in [0.15, 0.2) is 12.1 Å². The van der Waals surface area contributed by atoms with Gasteiger partial charge in [-0.05, 0) is 75.5 Å².